The third-order valence-electron chi connectivity index (χ3n) is 5.06. The van der Waals surface area contributed by atoms with Gasteiger partial charge < -0.3 is 9.42 Å². The van der Waals surface area contributed by atoms with Gasteiger partial charge >= 0.3 is 0 Å². The predicted molar refractivity (Wildman–Crippen MR) is 110 cm³/mol. The zero-order chi connectivity index (χ0) is 20.8. The van der Waals surface area contributed by atoms with E-state index in [2.05, 4.69) is 10.1 Å². The van der Waals surface area contributed by atoms with Gasteiger partial charge in [-0.15, -0.1) is 0 Å². The molecule has 5 nitrogen and oxygen atoms in total. The van der Waals surface area contributed by atoms with Crippen LogP contribution in [0.25, 0.3) is 11.4 Å². The average Bonchev–Trinajstić information content (AvgIpc) is 3.19. The molecule has 1 atom stereocenters. The molecule has 0 saturated carbocycles. The van der Waals surface area contributed by atoms with E-state index < -0.39 is 0 Å². The Morgan fingerprint density at radius 1 is 1.14 bits per heavy atom. The van der Waals surface area contributed by atoms with Gasteiger partial charge in [-0.1, -0.05) is 54.0 Å². The number of aryl methyl sites for hydroxylation is 1. The van der Waals surface area contributed by atoms with Gasteiger partial charge in [-0.2, -0.15) is 4.98 Å². The number of rotatable bonds is 8. The van der Waals surface area contributed by atoms with Crippen LogP contribution in [-0.2, 0) is 17.6 Å². The van der Waals surface area contributed by atoms with Crippen molar-refractivity contribution in [2.24, 2.45) is 0 Å². The van der Waals surface area contributed by atoms with Crippen molar-refractivity contribution in [3.05, 3.63) is 71.4 Å². The summed E-state index contributed by atoms with van der Waals surface area (Å²) in [6.07, 6.45) is 1.56. The molecule has 1 amide bonds. The van der Waals surface area contributed by atoms with Crippen molar-refractivity contribution in [3.63, 3.8) is 0 Å². The van der Waals surface area contributed by atoms with Gasteiger partial charge in [0.1, 0.15) is 5.82 Å². The van der Waals surface area contributed by atoms with E-state index in [0.717, 1.165) is 17.5 Å². The highest BCUT2D eigenvalue weighted by Gasteiger charge is 2.20. The Morgan fingerprint density at radius 2 is 1.83 bits per heavy atom. The number of hydrogen-bond acceptors (Lipinski definition) is 4. The Balaban J connectivity index is 1.65. The number of nitrogens with zero attached hydrogens (tertiary/aromatic N) is 3. The molecule has 0 spiro atoms. The molecule has 3 aromatic rings. The number of carbonyl (C=O) groups excluding carboxylic acids is 1. The fourth-order valence-electron chi connectivity index (χ4n) is 3.08. The van der Waals surface area contributed by atoms with E-state index in [1.807, 2.05) is 49.9 Å². The van der Waals surface area contributed by atoms with Crippen molar-refractivity contribution in [2.75, 3.05) is 6.54 Å². The van der Waals surface area contributed by atoms with Gasteiger partial charge in [0.05, 0.1) is 6.42 Å². The second kappa shape index (κ2) is 9.45. The molecule has 0 aliphatic carbocycles. The lowest BCUT2D eigenvalue weighted by atomic mass is 10.1. The van der Waals surface area contributed by atoms with Crippen LogP contribution in [0.15, 0.2) is 53.1 Å². The first-order valence-corrected chi connectivity index (χ1v) is 9.89. The molecule has 1 heterocycles. The van der Waals surface area contributed by atoms with Crippen LogP contribution in [-0.4, -0.2) is 33.5 Å². The summed E-state index contributed by atoms with van der Waals surface area (Å²) in [5, 5.41) is 4.05. The maximum Gasteiger partial charge on any atom is 0.228 e. The minimum absolute atomic E-state index is 0.00392. The van der Waals surface area contributed by atoms with Crippen LogP contribution in [0, 0.1) is 12.7 Å². The first-order chi connectivity index (χ1) is 14.0. The quantitative estimate of drug-likeness (QED) is 0.559. The summed E-state index contributed by atoms with van der Waals surface area (Å²) in [6, 6.07) is 14.1. The van der Waals surface area contributed by atoms with Crippen molar-refractivity contribution in [3.8, 4) is 11.4 Å². The molecule has 0 saturated heterocycles. The van der Waals surface area contributed by atoms with E-state index in [-0.39, 0.29) is 24.2 Å². The standard InChI is InChI=1S/C23H26FN3O2/c1-4-17(3)27(22(28)15-18-7-11-20(24)12-8-18)14-13-21-25-23(26-29-21)19-9-5-16(2)6-10-19/h5-12,17H,4,13-15H2,1-3H3/t17-/m0/s1. The van der Waals surface area contributed by atoms with Crippen molar-refractivity contribution in [2.45, 2.75) is 46.1 Å². The predicted octanol–water partition coefficient (Wildman–Crippen LogP) is 4.60. The molecule has 0 aliphatic heterocycles. The minimum Gasteiger partial charge on any atom is -0.339 e. The van der Waals surface area contributed by atoms with Gasteiger partial charge in [-0.3, -0.25) is 4.79 Å². The van der Waals surface area contributed by atoms with Crippen LogP contribution in [0.4, 0.5) is 4.39 Å². The number of halogens is 1. The molecular weight excluding hydrogens is 369 g/mol. The van der Waals surface area contributed by atoms with Gasteiger partial charge in [0.2, 0.25) is 17.6 Å². The first-order valence-electron chi connectivity index (χ1n) is 9.89. The highest BCUT2D eigenvalue weighted by Crippen LogP contribution is 2.17. The molecule has 0 fully saturated rings. The van der Waals surface area contributed by atoms with Gasteiger partial charge in [0, 0.05) is 24.6 Å². The first kappa shape index (κ1) is 20.7. The largest absolute Gasteiger partial charge is 0.339 e. The van der Waals surface area contributed by atoms with E-state index in [0.29, 0.717) is 24.7 Å². The second-order valence-corrected chi connectivity index (χ2v) is 7.28. The molecule has 6 heteroatoms. The van der Waals surface area contributed by atoms with E-state index in [4.69, 9.17) is 4.52 Å². The normalized spacial score (nSPS) is 12.0. The lowest BCUT2D eigenvalue weighted by Crippen LogP contribution is -2.40. The lowest BCUT2D eigenvalue weighted by Gasteiger charge is -2.28. The number of amides is 1. The van der Waals surface area contributed by atoms with Crippen molar-refractivity contribution in [1.29, 1.82) is 0 Å². The summed E-state index contributed by atoms with van der Waals surface area (Å²) in [4.78, 5) is 19.1. The number of benzene rings is 2. The van der Waals surface area contributed by atoms with E-state index >= 15 is 0 Å². The fourth-order valence-corrected chi connectivity index (χ4v) is 3.08. The molecule has 0 N–H and O–H groups in total. The maximum atomic E-state index is 13.1. The SMILES string of the molecule is CC[C@H](C)N(CCc1nc(-c2ccc(C)cc2)no1)C(=O)Cc1ccc(F)cc1. The van der Waals surface area contributed by atoms with Crippen molar-refractivity contribution in [1.82, 2.24) is 15.0 Å². The van der Waals surface area contributed by atoms with Crippen LogP contribution in [0.5, 0.6) is 0 Å². The number of aromatic nitrogens is 2. The maximum absolute atomic E-state index is 13.1. The van der Waals surface area contributed by atoms with Crippen LogP contribution in [0.2, 0.25) is 0 Å². The van der Waals surface area contributed by atoms with Crippen molar-refractivity contribution >= 4 is 5.91 Å². The Bertz CT molecular complexity index is 936. The van der Waals surface area contributed by atoms with Crippen molar-refractivity contribution < 1.29 is 13.7 Å². The number of hydrogen-bond donors (Lipinski definition) is 0. The van der Waals surface area contributed by atoms with Gasteiger partial charge in [0.15, 0.2) is 0 Å². The Morgan fingerprint density at radius 3 is 2.48 bits per heavy atom. The van der Waals surface area contributed by atoms with Gasteiger partial charge in [-0.25, -0.2) is 4.39 Å². The average molecular weight is 395 g/mol. The smallest absolute Gasteiger partial charge is 0.228 e. The summed E-state index contributed by atoms with van der Waals surface area (Å²) in [5.74, 6) is 0.751. The zero-order valence-corrected chi connectivity index (χ0v) is 17.1. The van der Waals surface area contributed by atoms with Crippen LogP contribution < -0.4 is 0 Å². The van der Waals surface area contributed by atoms with E-state index in [1.54, 1.807) is 12.1 Å². The summed E-state index contributed by atoms with van der Waals surface area (Å²) in [5.41, 5.74) is 2.86. The van der Waals surface area contributed by atoms with Crippen LogP contribution in [0.3, 0.4) is 0 Å². The topological polar surface area (TPSA) is 59.2 Å². The highest BCUT2D eigenvalue weighted by atomic mass is 19.1. The van der Waals surface area contributed by atoms with Gasteiger partial charge in [-0.05, 0) is 38.0 Å². The second-order valence-electron chi connectivity index (χ2n) is 7.28. The fraction of sp³-hybridized carbons (Fsp3) is 0.348. The molecule has 0 radical (unpaired) electrons. The summed E-state index contributed by atoms with van der Waals surface area (Å²) in [6.45, 7) is 6.58. The Hall–Kier alpha value is -3.02. The highest BCUT2D eigenvalue weighted by molar-refractivity contribution is 5.79. The molecule has 29 heavy (non-hydrogen) atoms. The monoisotopic (exact) mass is 395 g/mol. The third-order valence-corrected chi connectivity index (χ3v) is 5.06. The Labute approximate surface area is 170 Å². The molecular formula is C23H26FN3O2. The molecule has 0 unspecified atom stereocenters. The molecule has 0 aliphatic rings. The summed E-state index contributed by atoms with van der Waals surface area (Å²) in [7, 11) is 0. The molecule has 152 valence electrons. The summed E-state index contributed by atoms with van der Waals surface area (Å²) < 4.78 is 18.5. The minimum atomic E-state index is -0.305. The summed E-state index contributed by atoms with van der Waals surface area (Å²) >= 11 is 0. The number of carbonyl (C=O) groups is 1. The van der Waals surface area contributed by atoms with Crippen LogP contribution in [0.1, 0.15) is 37.3 Å². The molecule has 2 aromatic carbocycles. The molecule has 0 bridgehead atoms. The van der Waals surface area contributed by atoms with E-state index in [9.17, 15) is 9.18 Å². The van der Waals surface area contributed by atoms with Crippen LogP contribution >= 0.6 is 0 Å². The van der Waals surface area contributed by atoms with Gasteiger partial charge in [0.25, 0.3) is 0 Å². The molecule has 3 rings (SSSR count). The zero-order valence-electron chi connectivity index (χ0n) is 17.1. The lowest BCUT2D eigenvalue weighted by molar-refractivity contribution is -0.132. The Kier molecular flexibility index (Phi) is 6.75. The van der Waals surface area contributed by atoms with E-state index in [1.165, 1.54) is 17.7 Å². The third kappa shape index (κ3) is 5.50. The molecule has 1 aromatic heterocycles.